The van der Waals surface area contributed by atoms with Crippen LogP contribution in [0.5, 0.6) is 0 Å². The third kappa shape index (κ3) is 1.82. The quantitative estimate of drug-likeness (QED) is 0.568. The lowest BCUT2D eigenvalue weighted by Crippen LogP contribution is -2.03. The molecule has 0 aromatic rings. The highest BCUT2D eigenvalue weighted by Crippen LogP contribution is 2.13. The van der Waals surface area contributed by atoms with Gasteiger partial charge in [-0.1, -0.05) is 11.6 Å². The van der Waals surface area contributed by atoms with E-state index in [9.17, 15) is 8.42 Å². The van der Waals surface area contributed by atoms with Crippen molar-refractivity contribution in [3.63, 3.8) is 0 Å². The molecule has 0 aliphatic carbocycles. The number of hydrogen-bond donors (Lipinski definition) is 1. The van der Waals surface area contributed by atoms with Crippen molar-refractivity contribution in [1.29, 1.82) is 0 Å². The highest BCUT2D eigenvalue weighted by Gasteiger charge is 2.18. The zero-order valence-electron chi connectivity index (χ0n) is 5.58. The van der Waals surface area contributed by atoms with Gasteiger partial charge in [0.2, 0.25) is 0 Å². The maximum atomic E-state index is 10.8. The van der Waals surface area contributed by atoms with Crippen LogP contribution in [0.25, 0.3) is 0 Å². The number of aliphatic hydroxyl groups is 1. The van der Waals surface area contributed by atoms with Crippen molar-refractivity contribution in [2.75, 3.05) is 18.1 Å². The van der Waals surface area contributed by atoms with Gasteiger partial charge in [-0.05, 0) is 6.42 Å². The monoisotopic (exact) mass is 162 g/mol. The second-order valence-electron chi connectivity index (χ2n) is 2.39. The lowest BCUT2D eigenvalue weighted by molar-refractivity contribution is 0.299. The number of aliphatic hydroxyl groups excluding tert-OH is 1. The summed E-state index contributed by atoms with van der Waals surface area (Å²) in [6, 6.07) is 0. The molecule has 0 radical (unpaired) electrons. The first-order chi connectivity index (χ1) is 4.64. The Bertz CT molecular complexity index is 238. The molecule has 1 rings (SSSR count). The van der Waals surface area contributed by atoms with Gasteiger partial charge in [0.15, 0.2) is 9.84 Å². The maximum Gasteiger partial charge on any atom is 0.157 e. The van der Waals surface area contributed by atoms with Gasteiger partial charge in [0, 0.05) is 6.61 Å². The van der Waals surface area contributed by atoms with Gasteiger partial charge in [0.05, 0.1) is 11.5 Å². The summed E-state index contributed by atoms with van der Waals surface area (Å²) in [5, 5.41) is 8.46. The summed E-state index contributed by atoms with van der Waals surface area (Å²) < 4.78 is 21.6. The van der Waals surface area contributed by atoms with Crippen molar-refractivity contribution in [1.82, 2.24) is 0 Å². The molecule has 0 spiro atoms. The minimum Gasteiger partial charge on any atom is -0.396 e. The van der Waals surface area contributed by atoms with Crippen LogP contribution in [0.1, 0.15) is 6.42 Å². The molecule has 0 fully saturated rings. The van der Waals surface area contributed by atoms with Crippen LogP contribution < -0.4 is 0 Å². The van der Waals surface area contributed by atoms with Crippen LogP contribution in [-0.4, -0.2) is 31.6 Å². The van der Waals surface area contributed by atoms with Crippen molar-refractivity contribution < 1.29 is 13.5 Å². The van der Waals surface area contributed by atoms with Crippen molar-refractivity contribution in [2.24, 2.45) is 0 Å². The van der Waals surface area contributed by atoms with Crippen molar-refractivity contribution in [3.8, 4) is 0 Å². The Labute approximate surface area is 60.3 Å². The summed E-state index contributed by atoms with van der Waals surface area (Å²) in [5.74, 6) is 0.301. The Balaban J connectivity index is 2.55. The number of rotatable bonds is 2. The molecular weight excluding hydrogens is 152 g/mol. The average Bonchev–Trinajstić information content (AvgIpc) is 2.12. The smallest absolute Gasteiger partial charge is 0.157 e. The third-order valence-corrected chi connectivity index (χ3v) is 2.95. The molecule has 0 unspecified atom stereocenters. The van der Waals surface area contributed by atoms with Gasteiger partial charge in [0.1, 0.15) is 0 Å². The van der Waals surface area contributed by atoms with E-state index >= 15 is 0 Å². The van der Waals surface area contributed by atoms with Crippen LogP contribution in [0, 0.1) is 0 Å². The Kier molecular flexibility index (Phi) is 2.11. The van der Waals surface area contributed by atoms with E-state index in [0.29, 0.717) is 6.42 Å². The normalized spacial score (nSPS) is 22.7. The molecule has 1 N–H and O–H groups in total. The van der Waals surface area contributed by atoms with Crippen LogP contribution >= 0.6 is 0 Å². The Hall–Kier alpha value is -0.350. The van der Waals surface area contributed by atoms with Gasteiger partial charge in [-0.3, -0.25) is 0 Å². The van der Waals surface area contributed by atoms with Gasteiger partial charge in [-0.25, -0.2) is 8.42 Å². The van der Waals surface area contributed by atoms with E-state index in [-0.39, 0.29) is 18.1 Å². The zero-order chi connectivity index (χ0) is 7.61. The standard InChI is InChI=1S/C6H10O3S/c7-3-1-6-2-4-10(8,9)5-6/h2,7H,1,3-5H2. The van der Waals surface area contributed by atoms with E-state index in [1.54, 1.807) is 6.08 Å². The van der Waals surface area contributed by atoms with Gasteiger partial charge >= 0.3 is 0 Å². The molecule has 58 valence electrons. The molecule has 1 aliphatic heterocycles. The first kappa shape index (κ1) is 7.75. The molecule has 4 heteroatoms. The van der Waals surface area contributed by atoms with Crippen molar-refractivity contribution >= 4 is 9.84 Å². The van der Waals surface area contributed by atoms with E-state index in [0.717, 1.165) is 5.57 Å². The minimum absolute atomic E-state index is 0.0430. The summed E-state index contributed by atoms with van der Waals surface area (Å²) in [5.41, 5.74) is 0.850. The van der Waals surface area contributed by atoms with Crippen LogP contribution in [0.3, 0.4) is 0 Å². The zero-order valence-corrected chi connectivity index (χ0v) is 6.39. The van der Waals surface area contributed by atoms with Crippen LogP contribution in [0.4, 0.5) is 0 Å². The molecule has 0 saturated heterocycles. The molecule has 0 aromatic heterocycles. The number of sulfone groups is 1. The maximum absolute atomic E-state index is 10.8. The second-order valence-corrected chi connectivity index (χ2v) is 4.50. The molecule has 0 aromatic carbocycles. The molecule has 0 saturated carbocycles. The van der Waals surface area contributed by atoms with E-state index in [1.165, 1.54) is 0 Å². The lowest BCUT2D eigenvalue weighted by atomic mass is 10.2. The SMILES string of the molecule is O=S1(=O)CC=C(CCO)C1. The second kappa shape index (κ2) is 2.72. The van der Waals surface area contributed by atoms with Gasteiger partial charge in [-0.2, -0.15) is 0 Å². The fraction of sp³-hybridized carbons (Fsp3) is 0.667. The largest absolute Gasteiger partial charge is 0.396 e. The summed E-state index contributed by atoms with van der Waals surface area (Å²) in [6.07, 6.45) is 2.19. The van der Waals surface area contributed by atoms with Gasteiger partial charge in [0.25, 0.3) is 0 Å². The Morgan fingerprint density at radius 3 is 2.70 bits per heavy atom. The Morgan fingerprint density at radius 2 is 2.30 bits per heavy atom. The topological polar surface area (TPSA) is 54.4 Å². The predicted octanol–water partition coefficient (Wildman–Crippen LogP) is -0.276. The lowest BCUT2D eigenvalue weighted by Gasteiger charge is -1.94. The van der Waals surface area contributed by atoms with Crippen LogP contribution in [0.2, 0.25) is 0 Å². The third-order valence-electron chi connectivity index (χ3n) is 1.46. The minimum atomic E-state index is -2.82. The fourth-order valence-corrected chi connectivity index (χ4v) is 2.40. The molecule has 0 amide bonds. The molecule has 1 heterocycles. The van der Waals surface area contributed by atoms with Crippen molar-refractivity contribution in [3.05, 3.63) is 11.6 Å². The number of hydrogen-bond acceptors (Lipinski definition) is 3. The van der Waals surface area contributed by atoms with E-state index in [2.05, 4.69) is 0 Å². The van der Waals surface area contributed by atoms with Gasteiger partial charge < -0.3 is 5.11 Å². The van der Waals surface area contributed by atoms with Gasteiger partial charge in [-0.15, -0.1) is 0 Å². The van der Waals surface area contributed by atoms with Crippen LogP contribution in [-0.2, 0) is 9.84 Å². The summed E-state index contributed by atoms with van der Waals surface area (Å²) in [6.45, 7) is 0.0430. The summed E-state index contributed by atoms with van der Waals surface area (Å²) in [4.78, 5) is 0. The highest BCUT2D eigenvalue weighted by atomic mass is 32.2. The fourth-order valence-electron chi connectivity index (χ4n) is 0.963. The first-order valence-corrected chi connectivity index (χ1v) is 4.95. The molecule has 0 bridgehead atoms. The van der Waals surface area contributed by atoms with E-state index < -0.39 is 9.84 Å². The molecular formula is C6H10O3S. The van der Waals surface area contributed by atoms with Crippen LogP contribution in [0.15, 0.2) is 11.6 Å². The Morgan fingerprint density at radius 1 is 1.60 bits per heavy atom. The average molecular weight is 162 g/mol. The molecule has 0 atom stereocenters. The first-order valence-electron chi connectivity index (χ1n) is 3.13. The van der Waals surface area contributed by atoms with Crippen molar-refractivity contribution in [2.45, 2.75) is 6.42 Å². The van der Waals surface area contributed by atoms with E-state index in [4.69, 9.17) is 5.11 Å². The predicted molar refractivity (Wildman–Crippen MR) is 38.4 cm³/mol. The molecule has 10 heavy (non-hydrogen) atoms. The summed E-state index contributed by atoms with van der Waals surface area (Å²) in [7, 11) is -2.82. The molecule has 1 aliphatic rings. The summed E-state index contributed by atoms with van der Waals surface area (Å²) >= 11 is 0. The van der Waals surface area contributed by atoms with E-state index in [1.807, 2.05) is 0 Å². The highest BCUT2D eigenvalue weighted by molar-refractivity contribution is 7.92. The molecule has 3 nitrogen and oxygen atoms in total.